The lowest BCUT2D eigenvalue weighted by Crippen LogP contribution is -2.42. The van der Waals surface area contributed by atoms with Gasteiger partial charge in [0.05, 0.1) is 12.5 Å². The van der Waals surface area contributed by atoms with Crippen molar-refractivity contribution in [1.29, 1.82) is 0 Å². The van der Waals surface area contributed by atoms with Gasteiger partial charge in [0.15, 0.2) is 0 Å². The SMILES string of the molecule is COc1cc(C2(C(=O)O)CCC2)ccc1C(C)C. The molecule has 0 aliphatic heterocycles. The fourth-order valence-electron chi connectivity index (χ4n) is 2.64. The molecule has 1 saturated carbocycles. The first kappa shape index (κ1) is 12.9. The highest BCUT2D eigenvalue weighted by molar-refractivity contribution is 5.82. The molecule has 1 fully saturated rings. The fourth-order valence-corrected chi connectivity index (χ4v) is 2.64. The second-order valence-electron chi connectivity index (χ2n) is 5.35. The van der Waals surface area contributed by atoms with Crippen LogP contribution in [0.15, 0.2) is 18.2 Å². The molecule has 1 N–H and O–H groups in total. The first-order valence-corrected chi connectivity index (χ1v) is 6.43. The van der Waals surface area contributed by atoms with E-state index in [0.717, 1.165) is 36.1 Å². The van der Waals surface area contributed by atoms with E-state index in [4.69, 9.17) is 4.74 Å². The first-order chi connectivity index (χ1) is 8.51. The summed E-state index contributed by atoms with van der Waals surface area (Å²) in [5.41, 5.74) is 1.33. The van der Waals surface area contributed by atoms with Gasteiger partial charge in [-0.2, -0.15) is 0 Å². The van der Waals surface area contributed by atoms with Gasteiger partial charge in [-0.25, -0.2) is 0 Å². The van der Waals surface area contributed by atoms with Gasteiger partial charge in [0.2, 0.25) is 0 Å². The molecule has 3 nitrogen and oxygen atoms in total. The van der Waals surface area contributed by atoms with Crippen molar-refractivity contribution in [3.05, 3.63) is 29.3 Å². The maximum Gasteiger partial charge on any atom is 0.314 e. The summed E-state index contributed by atoms with van der Waals surface area (Å²) in [6.45, 7) is 4.21. The molecule has 3 heteroatoms. The van der Waals surface area contributed by atoms with Gasteiger partial charge in [-0.3, -0.25) is 4.79 Å². The van der Waals surface area contributed by atoms with E-state index in [2.05, 4.69) is 13.8 Å². The maximum absolute atomic E-state index is 11.5. The quantitative estimate of drug-likeness (QED) is 0.889. The van der Waals surface area contributed by atoms with Crippen LogP contribution in [0.25, 0.3) is 0 Å². The molecule has 0 bridgehead atoms. The van der Waals surface area contributed by atoms with Crippen LogP contribution >= 0.6 is 0 Å². The molecule has 1 aromatic carbocycles. The molecular weight excluding hydrogens is 228 g/mol. The van der Waals surface area contributed by atoms with Crippen molar-refractivity contribution in [1.82, 2.24) is 0 Å². The fraction of sp³-hybridized carbons (Fsp3) is 0.533. The Bertz CT molecular complexity index is 459. The monoisotopic (exact) mass is 248 g/mol. The number of carbonyl (C=O) groups is 1. The predicted molar refractivity (Wildman–Crippen MR) is 70.2 cm³/mol. The van der Waals surface area contributed by atoms with Gasteiger partial charge in [0.1, 0.15) is 5.75 Å². The minimum Gasteiger partial charge on any atom is -0.496 e. The van der Waals surface area contributed by atoms with Crippen LogP contribution in [0.2, 0.25) is 0 Å². The van der Waals surface area contributed by atoms with Crippen molar-refractivity contribution >= 4 is 5.97 Å². The van der Waals surface area contributed by atoms with Crippen LogP contribution in [0.1, 0.15) is 50.2 Å². The second kappa shape index (κ2) is 4.63. The molecule has 0 atom stereocenters. The molecule has 2 rings (SSSR count). The first-order valence-electron chi connectivity index (χ1n) is 6.43. The summed E-state index contributed by atoms with van der Waals surface area (Å²) in [5.74, 6) is 0.458. The van der Waals surface area contributed by atoms with Crippen molar-refractivity contribution in [2.75, 3.05) is 7.11 Å². The molecule has 0 unspecified atom stereocenters. The van der Waals surface area contributed by atoms with Crippen LogP contribution in [-0.4, -0.2) is 18.2 Å². The summed E-state index contributed by atoms with van der Waals surface area (Å²) in [7, 11) is 1.64. The van der Waals surface area contributed by atoms with E-state index in [-0.39, 0.29) is 0 Å². The van der Waals surface area contributed by atoms with Crippen molar-refractivity contribution in [3.63, 3.8) is 0 Å². The largest absolute Gasteiger partial charge is 0.496 e. The van der Waals surface area contributed by atoms with Crippen molar-refractivity contribution in [2.45, 2.75) is 44.4 Å². The Kier molecular flexibility index (Phi) is 3.33. The molecule has 1 aromatic rings. The van der Waals surface area contributed by atoms with Crippen LogP contribution in [0.5, 0.6) is 5.75 Å². The predicted octanol–water partition coefficient (Wildman–Crippen LogP) is 3.32. The molecule has 0 aromatic heterocycles. The van der Waals surface area contributed by atoms with Gasteiger partial charge in [0, 0.05) is 0 Å². The third-order valence-electron chi connectivity index (χ3n) is 4.02. The van der Waals surface area contributed by atoms with E-state index in [1.165, 1.54) is 0 Å². The van der Waals surface area contributed by atoms with Crippen molar-refractivity contribution in [3.8, 4) is 5.75 Å². The minimum absolute atomic E-state index is 0.371. The Balaban J connectivity index is 2.44. The molecule has 1 aliphatic carbocycles. The average molecular weight is 248 g/mol. The number of benzene rings is 1. The van der Waals surface area contributed by atoms with Gasteiger partial charge in [-0.05, 0) is 36.0 Å². The number of hydrogen-bond donors (Lipinski definition) is 1. The highest BCUT2D eigenvalue weighted by Crippen LogP contribution is 2.45. The Labute approximate surface area is 108 Å². The summed E-state index contributed by atoms with van der Waals surface area (Å²) < 4.78 is 5.40. The molecule has 98 valence electrons. The Morgan fingerprint density at radius 1 is 1.39 bits per heavy atom. The van der Waals surface area contributed by atoms with Crippen LogP contribution < -0.4 is 4.74 Å². The number of aliphatic carboxylic acids is 1. The second-order valence-corrected chi connectivity index (χ2v) is 5.35. The average Bonchev–Trinajstić information content (AvgIpc) is 2.26. The van der Waals surface area contributed by atoms with Crippen LogP contribution in [0, 0.1) is 0 Å². The zero-order valence-corrected chi connectivity index (χ0v) is 11.2. The summed E-state index contributed by atoms with van der Waals surface area (Å²) in [6.07, 6.45) is 2.44. The third-order valence-corrected chi connectivity index (χ3v) is 4.02. The van der Waals surface area contributed by atoms with E-state index < -0.39 is 11.4 Å². The molecule has 1 aliphatic rings. The molecule has 0 spiro atoms. The topological polar surface area (TPSA) is 46.5 Å². The highest BCUT2D eigenvalue weighted by Gasteiger charge is 2.46. The summed E-state index contributed by atoms with van der Waals surface area (Å²) in [4.78, 5) is 11.5. The van der Waals surface area contributed by atoms with Gasteiger partial charge >= 0.3 is 5.97 Å². The van der Waals surface area contributed by atoms with Crippen LogP contribution in [0.4, 0.5) is 0 Å². The lowest BCUT2D eigenvalue weighted by molar-refractivity contribution is -0.147. The smallest absolute Gasteiger partial charge is 0.314 e. The van der Waals surface area contributed by atoms with E-state index in [9.17, 15) is 9.90 Å². The molecule has 0 saturated heterocycles. The number of hydrogen-bond acceptors (Lipinski definition) is 2. The zero-order valence-electron chi connectivity index (χ0n) is 11.2. The van der Waals surface area contributed by atoms with E-state index in [0.29, 0.717) is 5.92 Å². The number of carboxylic acids is 1. The molecule has 0 radical (unpaired) electrons. The maximum atomic E-state index is 11.5. The third kappa shape index (κ3) is 1.88. The highest BCUT2D eigenvalue weighted by atomic mass is 16.5. The van der Waals surface area contributed by atoms with E-state index >= 15 is 0 Å². The Morgan fingerprint density at radius 2 is 2.06 bits per heavy atom. The standard InChI is InChI=1S/C15H20O3/c1-10(2)12-6-5-11(9-13(12)18-3)15(14(16)17)7-4-8-15/h5-6,9-10H,4,7-8H2,1-3H3,(H,16,17). The van der Waals surface area contributed by atoms with Gasteiger partial charge in [0.25, 0.3) is 0 Å². The molecular formula is C15H20O3. The molecule has 0 amide bonds. The Hall–Kier alpha value is -1.51. The van der Waals surface area contributed by atoms with Crippen LogP contribution in [0.3, 0.4) is 0 Å². The minimum atomic E-state index is -0.715. The summed E-state index contributed by atoms with van der Waals surface area (Å²) in [6, 6.07) is 5.86. The van der Waals surface area contributed by atoms with Gasteiger partial charge in [-0.1, -0.05) is 32.4 Å². The number of rotatable bonds is 4. The van der Waals surface area contributed by atoms with E-state index in [1.807, 2.05) is 18.2 Å². The lowest BCUT2D eigenvalue weighted by atomic mass is 9.64. The summed E-state index contributed by atoms with van der Waals surface area (Å²) >= 11 is 0. The van der Waals surface area contributed by atoms with Crippen molar-refractivity contribution < 1.29 is 14.6 Å². The van der Waals surface area contributed by atoms with Crippen molar-refractivity contribution in [2.24, 2.45) is 0 Å². The molecule has 0 heterocycles. The van der Waals surface area contributed by atoms with Gasteiger partial charge in [-0.15, -0.1) is 0 Å². The van der Waals surface area contributed by atoms with Crippen LogP contribution in [-0.2, 0) is 10.2 Å². The molecule has 18 heavy (non-hydrogen) atoms. The number of methoxy groups -OCH3 is 1. The number of carboxylic acid groups (broad SMARTS) is 1. The van der Waals surface area contributed by atoms with Gasteiger partial charge < -0.3 is 9.84 Å². The lowest BCUT2D eigenvalue weighted by Gasteiger charge is -2.38. The number of ether oxygens (including phenoxy) is 1. The zero-order chi connectivity index (χ0) is 13.3. The Morgan fingerprint density at radius 3 is 2.44 bits per heavy atom. The van der Waals surface area contributed by atoms with E-state index in [1.54, 1.807) is 7.11 Å². The summed E-state index contributed by atoms with van der Waals surface area (Å²) in [5, 5.41) is 9.44. The normalized spacial score (nSPS) is 17.3.